The fraction of sp³-hybridized carbons (Fsp3) is 0.0714. The van der Waals surface area contributed by atoms with E-state index in [0.717, 1.165) is 28.0 Å². The van der Waals surface area contributed by atoms with Crippen LogP contribution in [-0.2, 0) is 6.54 Å². The molecule has 0 aliphatic rings. The minimum absolute atomic E-state index is 0.219. The Balaban J connectivity index is 1.25. The van der Waals surface area contributed by atoms with Gasteiger partial charge in [0, 0.05) is 29.6 Å². The predicted octanol–water partition coefficient (Wildman–Crippen LogP) is 4.91. The van der Waals surface area contributed by atoms with Gasteiger partial charge in [0.25, 0.3) is 11.8 Å². The Morgan fingerprint density at radius 3 is 2.43 bits per heavy atom. The van der Waals surface area contributed by atoms with Gasteiger partial charge in [-0.25, -0.2) is 9.97 Å². The summed E-state index contributed by atoms with van der Waals surface area (Å²) in [5.41, 5.74) is 5.26. The summed E-state index contributed by atoms with van der Waals surface area (Å²) in [6, 6.07) is 25.9. The van der Waals surface area contributed by atoms with Crippen molar-refractivity contribution in [2.45, 2.75) is 13.5 Å². The Bertz CT molecular complexity index is 1510. The number of aromatic nitrogens is 3. The molecule has 0 bridgehead atoms. The van der Waals surface area contributed by atoms with Crippen LogP contribution in [-0.4, -0.2) is 26.3 Å². The number of pyridine rings is 1. The number of rotatable bonds is 6. The second-order valence-corrected chi connectivity index (χ2v) is 8.16. The van der Waals surface area contributed by atoms with Crippen molar-refractivity contribution in [3.8, 4) is 5.82 Å². The first-order valence-corrected chi connectivity index (χ1v) is 11.2. The van der Waals surface area contributed by atoms with Gasteiger partial charge in [-0.05, 0) is 60.5 Å². The third-order valence-electron chi connectivity index (χ3n) is 5.75. The molecule has 172 valence electrons. The number of carbonyl (C=O) groups excluding carboxylic acids is 2. The van der Waals surface area contributed by atoms with Gasteiger partial charge in [-0.1, -0.05) is 42.5 Å². The number of hydrogen-bond donors (Lipinski definition) is 2. The molecule has 7 nitrogen and oxygen atoms in total. The van der Waals surface area contributed by atoms with E-state index >= 15 is 0 Å². The molecule has 0 spiro atoms. The second-order valence-electron chi connectivity index (χ2n) is 8.16. The topological polar surface area (TPSA) is 88.9 Å². The summed E-state index contributed by atoms with van der Waals surface area (Å²) in [4.78, 5) is 34.2. The first-order chi connectivity index (χ1) is 17.1. The van der Waals surface area contributed by atoms with Gasteiger partial charge in [0.1, 0.15) is 12.1 Å². The standard InChI is InChI=1S/C28H23N5O2/c1-19-11-13-22(15-24(19)32-28(35)21-7-3-2-4-8-21)27(34)30-17-20-12-14-26(29-16-20)33-18-31-23-9-5-6-10-25(23)33/h2-16,18H,17H2,1H3,(H,30,34)(H,32,35). The van der Waals surface area contributed by atoms with Crippen molar-refractivity contribution < 1.29 is 9.59 Å². The zero-order valence-electron chi connectivity index (χ0n) is 19.1. The van der Waals surface area contributed by atoms with Crippen LogP contribution in [0.3, 0.4) is 0 Å². The lowest BCUT2D eigenvalue weighted by Crippen LogP contribution is -2.23. The van der Waals surface area contributed by atoms with Crippen LogP contribution < -0.4 is 10.6 Å². The van der Waals surface area contributed by atoms with Gasteiger partial charge < -0.3 is 10.6 Å². The number of para-hydroxylation sites is 2. The summed E-state index contributed by atoms with van der Waals surface area (Å²) in [5.74, 6) is 0.305. The van der Waals surface area contributed by atoms with E-state index in [0.29, 0.717) is 23.4 Å². The Morgan fingerprint density at radius 1 is 0.829 bits per heavy atom. The largest absolute Gasteiger partial charge is 0.348 e. The van der Waals surface area contributed by atoms with Crippen molar-refractivity contribution in [1.29, 1.82) is 0 Å². The van der Waals surface area contributed by atoms with Gasteiger partial charge in [-0.3, -0.25) is 14.2 Å². The molecule has 0 saturated carbocycles. The van der Waals surface area contributed by atoms with Crippen LogP contribution in [0.15, 0.2) is 97.5 Å². The van der Waals surface area contributed by atoms with E-state index < -0.39 is 0 Å². The van der Waals surface area contributed by atoms with Gasteiger partial charge in [0.15, 0.2) is 0 Å². The van der Waals surface area contributed by atoms with Crippen molar-refractivity contribution >= 4 is 28.5 Å². The maximum Gasteiger partial charge on any atom is 0.255 e. The Kier molecular flexibility index (Phi) is 6.05. The molecule has 0 aliphatic heterocycles. The molecule has 35 heavy (non-hydrogen) atoms. The number of fused-ring (bicyclic) bond motifs is 1. The molecule has 0 aliphatic carbocycles. The minimum atomic E-state index is -0.232. The van der Waals surface area contributed by atoms with Crippen molar-refractivity contribution in [3.05, 3.63) is 120 Å². The summed E-state index contributed by atoms with van der Waals surface area (Å²) in [6.07, 6.45) is 3.49. The van der Waals surface area contributed by atoms with Crippen molar-refractivity contribution in [2.24, 2.45) is 0 Å². The minimum Gasteiger partial charge on any atom is -0.348 e. The third kappa shape index (κ3) is 4.79. The first-order valence-electron chi connectivity index (χ1n) is 11.2. The molecule has 2 amide bonds. The van der Waals surface area contributed by atoms with Crippen LogP contribution in [0.5, 0.6) is 0 Å². The van der Waals surface area contributed by atoms with Gasteiger partial charge >= 0.3 is 0 Å². The van der Waals surface area contributed by atoms with E-state index in [-0.39, 0.29) is 11.8 Å². The average molecular weight is 462 g/mol. The predicted molar refractivity (Wildman–Crippen MR) is 136 cm³/mol. The lowest BCUT2D eigenvalue weighted by molar-refractivity contribution is 0.0949. The number of anilines is 1. The summed E-state index contributed by atoms with van der Waals surface area (Å²) in [5, 5.41) is 5.81. The number of benzene rings is 3. The highest BCUT2D eigenvalue weighted by Crippen LogP contribution is 2.19. The lowest BCUT2D eigenvalue weighted by Gasteiger charge is -2.11. The molecule has 2 heterocycles. The summed E-state index contributed by atoms with van der Waals surface area (Å²) in [7, 11) is 0. The smallest absolute Gasteiger partial charge is 0.255 e. The average Bonchev–Trinajstić information content (AvgIpc) is 3.33. The highest BCUT2D eigenvalue weighted by molar-refractivity contribution is 6.05. The monoisotopic (exact) mass is 461 g/mol. The Hall–Kier alpha value is -4.78. The van der Waals surface area contributed by atoms with Crippen LogP contribution in [0.2, 0.25) is 0 Å². The number of carbonyl (C=O) groups is 2. The molecule has 0 unspecified atom stereocenters. The van der Waals surface area contributed by atoms with Crippen LogP contribution >= 0.6 is 0 Å². The second kappa shape index (κ2) is 9.61. The third-order valence-corrected chi connectivity index (χ3v) is 5.75. The fourth-order valence-corrected chi connectivity index (χ4v) is 3.77. The van der Waals surface area contributed by atoms with E-state index in [1.54, 1.807) is 36.8 Å². The van der Waals surface area contributed by atoms with Gasteiger partial charge in [0.05, 0.1) is 11.0 Å². The molecule has 5 rings (SSSR count). The van der Waals surface area contributed by atoms with Crippen LogP contribution in [0.25, 0.3) is 16.9 Å². The van der Waals surface area contributed by atoms with Crippen LogP contribution in [0.4, 0.5) is 5.69 Å². The molecule has 0 fully saturated rings. The Morgan fingerprint density at radius 2 is 1.63 bits per heavy atom. The van der Waals surface area contributed by atoms with E-state index in [4.69, 9.17) is 0 Å². The molecular weight excluding hydrogens is 438 g/mol. The molecule has 3 aromatic carbocycles. The molecular formula is C28H23N5O2. The Labute approximate surface area is 202 Å². The molecule has 5 aromatic rings. The van der Waals surface area contributed by atoms with Crippen molar-refractivity contribution in [2.75, 3.05) is 5.32 Å². The summed E-state index contributed by atoms with van der Waals surface area (Å²) in [6.45, 7) is 2.22. The first kappa shape index (κ1) is 22.0. The SMILES string of the molecule is Cc1ccc(C(=O)NCc2ccc(-n3cnc4ccccc43)nc2)cc1NC(=O)c1ccccc1. The van der Waals surface area contributed by atoms with E-state index in [1.807, 2.05) is 72.2 Å². The normalized spacial score (nSPS) is 10.8. The van der Waals surface area contributed by atoms with E-state index in [2.05, 4.69) is 20.6 Å². The van der Waals surface area contributed by atoms with E-state index in [9.17, 15) is 9.59 Å². The number of amides is 2. The molecule has 7 heteroatoms. The van der Waals surface area contributed by atoms with E-state index in [1.165, 1.54) is 0 Å². The fourth-order valence-electron chi connectivity index (χ4n) is 3.77. The molecule has 2 N–H and O–H groups in total. The zero-order valence-corrected chi connectivity index (χ0v) is 19.1. The molecule has 0 saturated heterocycles. The zero-order chi connectivity index (χ0) is 24.2. The summed E-state index contributed by atoms with van der Waals surface area (Å²) >= 11 is 0. The summed E-state index contributed by atoms with van der Waals surface area (Å²) < 4.78 is 1.93. The number of hydrogen-bond acceptors (Lipinski definition) is 4. The van der Waals surface area contributed by atoms with Crippen molar-refractivity contribution in [3.63, 3.8) is 0 Å². The highest BCUT2D eigenvalue weighted by Gasteiger charge is 2.12. The lowest BCUT2D eigenvalue weighted by atomic mass is 10.1. The number of nitrogens with one attached hydrogen (secondary N) is 2. The highest BCUT2D eigenvalue weighted by atomic mass is 16.2. The van der Waals surface area contributed by atoms with Gasteiger partial charge in [-0.2, -0.15) is 0 Å². The van der Waals surface area contributed by atoms with Crippen LogP contribution in [0.1, 0.15) is 31.8 Å². The number of nitrogens with zero attached hydrogens (tertiary/aromatic N) is 3. The maximum absolute atomic E-state index is 12.8. The van der Waals surface area contributed by atoms with Crippen molar-refractivity contribution in [1.82, 2.24) is 19.9 Å². The molecule has 0 radical (unpaired) electrons. The molecule has 0 atom stereocenters. The van der Waals surface area contributed by atoms with Crippen LogP contribution in [0, 0.1) is 6.92 Å². The number of aryl methyl sites for hydroxylation is 1. The van der Waals surface area contributed by atoms with Gasteiger partial charge in [-0.15, -0.1) is 0 Å². The maximum atomic E-state index is 12.8. The molecule has 2 aromatic heterocycles. The number of imidazole rings is 1. The van der Waals surface area contributed by atoms with Gasteiger partial charge in [0.2, 0.25) is 0 Å². The quantitative estimate of drug-likeness (QED) is 0.376.